The van der Waals surface area contributed by atoms with Gasteiger partial charge in [0.05, 0.1) is 19.6 Å². The van der Waals surface area contributed by atoms with E-state index in [4.69, 9.17) is 15.2 Å². The van der Waals surface area contributed by atoms with Gasteiger partial charge in [0.15, 0.2) is 0 Å². The molecule has 0 aliphatic carbocycles. The summed E-state index contributed by atoms with van der Waals surface area (Å²) in [6.07, 6.45) is 0. The van der Waals surface area contributed by atoms with Gasteiger partial charge < -0.3 is 15.2 Å². The van der Waals surface area contributed by atoms with Crippen molar-refractivity contribution in [3.8, 4) is 5.75 Å². The Morgan fingerprint density at radius 3 is 2.44 bits per heavy atom. The van der Waals surface area contributed by atoms with Crippen LogP contribution in [0.15, 0.2) is 18.2 Å². The molecule has 0 bridgehead atoms. The standard InChI is InChI=1S/C14H21NO3/c1-9-6-7-11(17-4)10(8-9)12(15)14(2,3)13(16)18-5/h6-8,12H,15H2,1-5H3. The molecule has 0 fully saturated rings. The number of benzene rings is 1. The van der Waals surface area contributed by atoms with Gasteiger partial charge in [-0.2, -0.15) is 0 Å². The topological polar surface area (TPSA) is 61.5 Å². The first-order chi connectivity index (χ1) is 8.34. The average Bonchev–Trinajstić information content (AvgIpc) is 2.36. The van der Waals surface area contributed by atoms with Crippen LogP contribution in [-0.4, -0.2) is 20.2 Å². The van der Waals surface area contributed by atoms with E-state index in [2.05, 4.69) is 0 Å². The van der Waals surface area contributed by atoms with Crippen molar-refractivity contribution in [2.24, 2.45) is 11.1 Å². The summed E-state index contributed by atoms with van der Waals surface area (Å²) in [6.45, 7) is 5.51. The summed E-state index contributed by atoms with van der Waals surface area (Å²) in [5.74, 6) is 0.351. The quantitative estimate of drug-likeness (QED) is 0.833. The van der Waals surface area contributed by atoms with Crippen molar-refractivity contribution in [3.05, 3.63) is 29.3 Å². The van der Waals surface area contributed by atoms with Crippen LogP contribution in [0.3, 0.4) is 0 Å². The van der Waals surface area contributed by atoms with E-state index in [1.807, 2.05) is 25.1 Å². The molecule has 100 valence electrons. The molecule has 4 heteroatoms. The molecule has 0 aromatic heterocycles. The minimum absolute atomic E-state index is 0.335. The second kappa shape index (κ2) is 5.40. The van der Waals surface area contributed by atoms with Crippen molar-refractivity contribution < 1.29 is 14.3 Å². The second-order valence-electron chi connectivity index (χ2n) is 4.94. The summed E-state index contributed by atoms with van der Waals surface area (Å²) in [5, 5.41) is 0. The highest BCUT2D eigenvalue weighted by Crippen LogP contribution is 2.37. The number of carbonyl (C=O) groups is 1. The van der Waals surface area contributed by atoms with Crippen molar-refractivity contribution in [1.29, 1.82) is 0 Å². The molecule has 0 aliphatic heterocycles. The third-order valence-corrected chi connectivity index (χ3v) is 3.21. The van der Waals surface area contributed by atoms with Crippen molar-refractivity contribution in [2.45, 2.75) is 26.8 Å². The van der Waals surface area contributed by atoms with Crippen molar-refractivity contribution in [1.82, 2.24) is 0 Å². The zero-order valence-corrected chi connectivity index (χ0v) is 11.6. The molecule has 4 nitrogen and oxygen atoms in total. The Morgan fingerprint density at radius 2 is 1.94 bits per heavy atom. The normalized spacial score (nSPS) is 13.0. The fourth-order valence-corrected chi connectivity index (χ4v) is 1.88. The first kappa shape index (κ1) is 14.5. The van der Waals surface area contributed by atoms with E-state index >= 15 is 0 Å². The molecule has 0 aliphatic rings. The van der Waals surface area contributed by atoms with Crippen LogP contribution in [0, 0.1) is 12.3 Å². The van der Waals surface area contributed by atoms with Crippen LogP contribution in [0.4, 0.5) is 0 Å². The van der Waals surface area contributed by atoms with Crippen LogP contribution in [0.25, 0.3) is 0 Å². The van der Waals surface area contributed by atoms with E-state index < -0.39 is 11.5 Å². The van der Waals surface area contributed by atoms with E-state index in [0.29, 0.717) is 5.75 Å². The van der Waals surface area contributed by atoms with Gasteiger partial charge in [0.1, 0.15) is 5.75 Å². The number of hydrogen-bond acceptors (Lipinski definition) is 4. The zero-order valence-electron chi connectivity index (χ0n) is 11.6. The highest BCUT2D eigenvalue weighted by molar-refractivity contribution is 5.77. The lowest BCUT2D eigenvalue weighted by Gasteiger charge is -2.30. The first-order valence-electron chi connectivity index (χ1n) is 5.83. The Bertz CT molecular complexity index is 441. The SMILES string of the molecule is COC(=O)C(C)(C)C(N)c1cc(C)ccc1OC. The van der Waals surface area contributed by atoms with Gasteiger partial charge in [-0.1, -0.05) is 17.7 Å². The maximum atomic E-state index is 11.8. The molecule has 1 rings (SSSR count). The molecule has 1 unspecified atom stereocenters. The van der Waals surface area contributed by atoms with Gasteiger partial charge in [0.25, 0.3) is 0 Å². The molecule has 1 aromatic rings. The van der Waals surface area contributed by atoms with Gasteiger partial charge in [0.2, 0.25) is 0 Å². The molecule has 1 atom stereocenters. The highest BCUT2D eigenvalue weighted by atomic mass is 16.5. The monoisotopic (exact) mass is 251 g/mol. The Kier molecular flexibility index (Phi) is 4.35. The van der Waals surface area contributed by atoms with E-state index in [9.17, 15) is 4.79 Å². The smallest absolute Gasteiger partial charge is 0.313 e. The lowest BCUT2D eigenvalue weighted by molar-refractivity contribution is -0.152. The maximum Gasteiger partial charge on any atom is 0.313 e. The molecule has 0 amide bonds. The predicted molar refractivity (Wildman–Crippen MR) is 70.5 cm³/mol. The minimum Gasteiger partial charge on any atom is -0.496 e. The Morgan fingerprint density at radius 1 is 1.33 bits per heavy atom. The lowest BCUT2D eigenvalue weighted by atomic mass is 9.80. The summed E-state index contributed by atoms with van der Waals surface area (Å²) in [7, 11) is 2.95. The first-order valence-corrected chi connectivity index (χ1v) is 5.83. The Hall–Kier alpha value is -1.55. The molecule has 0 spiro atoms. The van der Waals surface area contributed by atoms with Gasteiger partial charge in [-0.15, -0.1) is 0 Å². The van der Waals surface area contributed by atoms with Crippen LogP contribution in [0.1, 0.15) is 31.0 Å². The number of esters is 1. The third-order valence-electron chi connectivity index (χ3n) is 3.21. The molecule has 0 heterocycles. The summed E-state index contributed by atoms with van der Waals surface area (Å²) in [5.41, 5.74) is 7.29. The van der Waals surface area contributed by atoms with Gasteiger partial charge in [0, 0.05) is 11.6 Å². The number of carbonyl (C=O) groups excluding carboxylic acids is 1. The maximum absolute atomic E-state index is 11.8. The largest absolute Gasteiger partial charge is 0.496 e. The molecular formula is C14H21NO3. The fraction of sp³-hybridized carbons (Fsp3) is 0.500. The molecule has 1 aromatic carbocycles. The van der Waals surface area contributed by atoms with Gasteiger partial charge in [-0.25, -0.2) is 0 Å². The van der Waals surface area contributed by atoms with Crippen LogP contribution < -0.4 is 10.5 Å². The average molecular weight is 251 g/mol. The zero-order chi connectivity index (χ0) is 13.9. The number of aryl methyl sites for hydroxylation is 1. The van der Waals surface area contributed by atoms with Crippen LogP contribution >= 0.6 is 0 Å². The predicted octanol–water partition coefficient (Wildman–Crippen LogP) is 2.20. The van der Waals surface area contributed by atoms with Gasteiger partial charge >= 0.3 is 5.97 Å². The summed E-state index contributed by atoms with van der Waals surface area (Å²) < 4.78 is 10.1. The minimum atomic E-state index is -0.810. The third kappa shape index (κ3) is 2.64. The molecule has 0 radical (unpaired) electrons. The number of nitrogens with two attached hydrogens (primary N) is 1. The van der Waals surface area contributed by atoms with Crippen molar-refractivity contribution in [2.75, 3.05) is 14.2 Å². The fourth-order valence-electron chi connectivity index (χ4n) is 1.88. The van der Waals surface area contributed by atoms with Gasteiger partial charge in [-0.05, 0) is 26.8 Å². The van der Waals surface area contributed by atoms with E-state index in [-0.39, 0.29) is 5.97 Å². The van der Waals surface area contributed by atoms with E-state index in [1.165, 1.54) is 7.11 Å². The number of rotatable bonds is 4. The van der Waals surface area contributed by atoms with Crippen LogP contribution in [0.5, 0.6) is 5.75 Å². The second-order valence-corrected chi connectivity index (χ2v) is 4.94. The van der Waals surface area contributed by atoms with Crippen molar-refractivity contribution in [3.63, 3.8) is 0 Å². The Labute approximate surface area is 108 Å². The molecule has 0 saturated heterocycles. The summed E-state index contributed by atoms with van der Waals surface area (Å²) in [6, 6.07) is 5.26. The highest BCUT2D eigenvalue weighted by Gasteiger charge is 2.37. The van der Waals surface area contributed by atoms with Crippen LogP contribution in [-0.2, 0) is 9.53 Å². The Balaban J connectivity index is 3.21. The molecule has 2 N–H and O–H groups in total. The summed E-state index contributed by atoms with van der Waals surface area (Å²) >= 11 is 0. The van der Waals surface area contributed by atoms with Crippen molar-refractivity contribution >= 4 is 5.97 Å². The summed E-state index contributed by atoms with van der Waals surface area (Å²) in [4.78, 5) is 11.8. The van der Waals surface area contributed by atoms with E-state index in [1.54, 1.807) is 21.0 Å². The van der Waals surface area contributed by atoms with E-state index in [0.717, 1.165) is 11.1 Å². The number of methoxy groups -OCH3 is 2. The number of ether oxygens (including phenoxy) is 2. The molecule has 18 heavy (non-hydrogen) atoms. The van der Waals surface area contributed by atoms with Crippen LogP contribution in [0.2, 0.25) is 0 Å². The molecular weight excluding hydrogens is 230 g/mol. The van der Waals surface area contributed by atoms with Gasteiger partial charge in [-0.3, -0.25) is 4.79 Å². The lowest BCUT2D eigenvalue weighted by Crippen LogP contribution is -2.37. The molecule has 0 saturated carbocycles. The number of hydrogen-bond donors (Lipinski definition) is 1.